The van der Waals surface area contributed by atoms with Gasteiger partial charge < -0.3 is 4.74 Å². The number of ether oxygens (including phenoxy) is 1. The molecule has 1 aromatic carbocycles. The highest BCUT2D eigenvalue weighted by molar-refractivity contribution is 5.79. The fraction of sp³-hybridized carbons (Fsp3) is 0.273. The molecule has 0 aromatic heterocycles. The van der Waals surface area contributed by atoms with E-state index in [0.29, 0.717) is 6.42 Å². The predicted molar refractivity (Wildman–Crippen MR) is 58.6 cm³/mol. The van der Waals surface area contributed by atoms with Gasteiger partial charge in [-0.15, -0.1) is 0 Å². The Morgan fingerprint density at radius 3 is 2.82 bits per heavy atom. The molecule has 0 amide bonds. The lowest BCUT2D eigenvalue weighted by molar-refractivity contribution is -0.385. The summed E-state index contributed by atoms with van der Waals surface area (Å²) in [4.78, 5) is 21.1. The molecule has 0 aliphatic rings. The van der Waals surface area contributed by atoms with Gasteiger partial charge in [-0.25, -0.2) is 0 Å². The lowest BCUT2D eigenvalue weighted by atomic mass is 10.2. The van der Waals surface area contributed by atoms with Crippen molar-refractivity contribution in [2.45, 2.75) is 13.3 Å². The first-order chi connectivity index (χ1) is 8.08. The molecule has 1 rings (SSSR count). The van der Waals surface area contributed by atoms with Gasteiger partial charge in [0.05, 0.1) is 16.6 Å². The van der Waals surface area contributed by atoms with Crippen molar-refractivity contribution in [3.63, 3.8) is 0 Å². The van der Waals surface area contributed by atoms with E-state index in [4.69, 9.17) is 10.00 Å². The monoisotopic (exact) mass is 234 g/mol. The second-order valence-electron chi connectivity index (χ2n) is 3.23. The van der Waals surface area contributed by atoms with Crippen LogP contribution >= 0.6 is 0 Å². The summed E-state index contributed by atoms with van der Waals surface area (Å²) in [6, 6.07) is 5.64. The molecule has 0 radical (unpaired) electrons. The van der Waals surface area contributed by atoms with E-state index in [0.717, 1.165) is 6.07 Å². The summed E-state index contributed by atoms with van der Waals surface area (Å²) in [5, 5.41) is 19.4. The molecular weight excluding hydrogens is 224 g/mol. The minimum absolute atomic E-state index is 0.00389. The molecule has 0 spiro atoms. The van der Waals surface area contributed by atoms with Crippen LogP contribution in [-0.2, 0) is 4.79 Å². The number of nitriles is 1. The molecular formula is C11H10N2O4. The number of nitro benzene ring substituents is 1. The molecule has 0 atom stereocenters. The number of nitro groups is 1. The Morgan fingerprint density at radius 1 is 1.59 bits per heavy atom. The Bertz CT molecular complexity index is 491. The second-order valence-corrected chi connectivity index (χ2v) is 3.23. The minimum atomic E-state index is -0.646. The number of nitrogens with zero attached hydrogens (tertiary/aromatic N) is 2. The molecule has 0 fully saturated rings. The normalized spacial score (nSPS) is 9.41. The number of hydrogen-bond donors (Lipinski definition) is 0. The summed E-state index contributed by atoms with van der Waals surface area (Å²) in [6.07, 6.45) is 0.310. The summed E-state index contributed by atoms with van der Waals surface area (Å²) in [7, 11) is 0. The van der Waals surface area contributed by atoms with E-state index >= 15 is 0 Å². The third kappa shape index (κ3) is 3.28. The maximum atomic E-state index is 11.0. The molecule has 6 heteroatoms. The van der Waals surface area contributed by atoms with Gasteiger partial charge in [-0.05, 0) is 12.1 Å². The van der Waals surface area contributed by atoms with Gasteiger partial charge >= 0.3 is 5.69 Å². The van der Waals surface area contributed by atoms with Crippen molar-refractivity contribution in [2.24, 2.45) is 0 Å². The van der Waals surface area contributed by atoms with Gasteiger partial charge in [-0.3, -0.25) is 14.9 Å². The van der Waals surface area contributed by atoms with E-state index in [1.807, 2.05) is 0 Å². The third-order valence-electron chi connectivity index (χ3n) is 2.07. The highest BCUT2D eigenvalue weighted by Gasteiger charge is 2.16. The average Bonchev–Trinajstić information content (AvgIpc) is 2.35. The highest BCUT2D eigenvalue weighted by Crippen LogP contribution is 2.27. The predicted octanol–water partition coefficient (Wildman–Crippen LogP) is 1.82. The third-order valence-corrected chi connectivity index (χ3v) is 2.07. The van der Waals surface area contributed by atoms with Crippen LogP contribution in [0.1, 0.15) is 18.9 Å². The zero-order valence-electron chi connectivity index (χ0n) is 9.17. The van der Waals surface area contributed by atoms with Gasteiger partial charge in [0.1, 0.15) is 6.61 Å². The lowest BCUT2D eigenvalue weighted by Gasteiger charge is -2.05. The van der Waals surface area contributed by atoms with Crippen LogP contribution in [0.4, 0.5) is 5.69 Å². The number of rotatable bonds is 5. The lowest BCUT2D eigenvalue weighted by Crippen LogP contribution is -2.10. The molecule has 0 unspecified atom stereocenters. The first-order valence-electron chi connectivity index (χ1n) is 4.91. The van der Waals surface area contributed by atoms with Crippen molar-refractivity contribution in [3.8, 4) is 11.8 Å². The number of hydrogen-bond acceptors (Lipinski definition) is 5. The molecule has 88 valence electrons. The van der Waals surface area contributed by atoms with Crippen LogP contribution < -0.4 is 4.74 Å². The summed E-state index contributed by atoms with van der Waals surface area (Å²) in [5.41, 5.74) is -0.140. The smallest absolute Gasteiger partial charge is 0.312 e. The van der Waals surface area contributed by atoms with Crippen molar-refractivity contribution in [2.75, 3.05) is 6.61 Å². The molecule has 6 nitrogen and oxygen atoms in total. The Morgan fingerprint density at radius 2 is 2.29 bits per heavy atom. The Kier molecular flexibility index (Phi) is 4.17. The van der Waals surface area contributed by atoms with Crippen LogP contribution in [0.5, 0.6) is 5.75 Å². The summed E-state index contributed by atoms with van der Waals surface area (Å²) < 4.78 is 5.05. The van der Waals surface area contributed by atoms with Crippen molar-refractivity contribution in [1.82, 2.24) is 0 Å². The van der Waals surface area contributed by atoms with Gasteiger partial charge in [-0.2, -0.15) is 5.26 Å². The number of ketones is 1. The van der Waals surface area contributed by atoms with Crippen molar-refractivity contribution >= 4 is 11.5 Å². The van der Waals surface area contributed by atoms with E-state index in [2.05, 4.69) is 0 Å². The average molecular weight is 234 g/mol. The molecule has 17 heavy (non-hydrogen) atoms. The van der Waals surface area contributed by atoms with Crippen LogP contribution in [0.25, 0.3) is 0 Å². The van der Waals surface area contributed by atoms with Gasteiger partial charge in [0.25, 0.3) is 0 Å². The molecule has 0 bridgehead atoms. The van der Waals surface area contributed by atoms with Crippen LogP contribution in [0.2, 0.25) is 0 Å². The Hall–Kier alpha value is -2.42. The zero-order chi connectivity index (χ0) is 12.8. The van der Waals surface area contributed by atoms with Gasteiger partial charge in [0.15, 0.2) is 11.5 Å². The van der Waals surface area contributed by atoms with E-state index in [9.17, 15) is 14.9 Å². The van der Waals surface area contributed by atoms with Crippen LogP contribution in [-0.4, -0.2) is 17.3 Å². The molecule has 0 aliphatic heterocycles. The van der Waals surface area contributed by atoms with Crippen molar-refractivity contribution in [3.05, 3.63) is 33.9 Å². The number of carbonyl (C=O) groups excluding carboxylic acids is 1. The van der Waals surface area contributed by atoms with Crippen LogP contribution in [0, 0.1) is 21.4 Å². The van der Waals surface area contributed by atoms with Crippen molar-refractivity contribution in [1.29, 1.82) is 5.26 Å². The number of carbonyl (C=O) groups is 1. The first kappa shape index (κ1) is 12.6. The summed E-state index contributed by atoms with van der Waals surface area (Å²) >= 11 is 0. The number of Topliss-reactive ketones (excluding diaryl/α,β-unsaturated/α-hetero) is 1. The van der Waals surface area contributed by atoms with Gasteiger partial charge in [-0.1, -0.05) is 6.92 Å². The maximum absolute atomic E-state index is 11.0. The Balaban J connectivity index is 2.95. The van der Waals surface area contributed by atoms with Crippen molar-refractivity contribution < 1.29 is 14.5 Å². The topological polar surface area (TPSA) is 93.2 Å². The minimum Gasteiger partial charge on any atom is -0.479 e. The molecule has 0 saturated carbocycles. The number of benzene rings is 1. The molecule has 0 N–H and O–H groups in total. The second kappa shape index (κ2) is 5.61. The maximum Gasteiger partial charge on any atom is 0.312 e. The standard InChI is InChI=1S/C11H10N2O4/c1-2-9(14)7-17-11-4-3-8(6-12)5-10(11)13(15)16/h3-5H,2,7H2,1H3. The fourth-order valence-corrected chi connectivity index (χ4v) is 1.11. The van der Waals surface area contributed by atoms with E-state index in [-0.39, 0.29) is 29.4 Å². The quantitative estimate of drug-likeness (QED) is 0.572. The SMILES string of the molecule is CCC(=O)COc1ccc(C#N)cc1[N+](=O)[O-]. The molecule has 1 aromatic rings. The van der Waals surface area contributed by atoms with E-state index < -0.39 is 4.92 Å². The van der Waals surface area contributed by atoms with Crippen LogP contribution in [0.3, 0.4) is 0 Å². The Labute approximate surface area is 97.6 Å². The molecule has 0 heterocycles. The first-order valence-corrected chi connectivity index (χ1v) is 4.91. The fourth-order valence-electron chi connectivity index (χ4n) is 1.11. The summed E-state index contributed by atoms with van der Waals surface area (Å²) in [6.45, 7) is 1.47. The summed E-state index contributed by atoms with van der Waals surface area (Å²) in [5.74, 6) is -0.153. The van der Waals surface area contributed by atoms with E-state index in [1.165, 1.54) is 12.1 Å². The van der Waals surface area contributed by atoms with Crippen LogP contribution in [0.15, 0.2) is 18.2 Å². The van der Waals surface area contributed by atoms with E-state index in [1.54, 1.807) is 13.0 Å². The largest absolute Gasteiger partial charge is 0.479 e. The molecule has 0 saturated heterocycles. The highest BCUT2D eigenvalue weighted by atomic mass is 16.6. The van der Waals surface area contributed by atoms with Gasteiger partial charge in [0, 0.05) is 12.5 Å². The zero-order valence-corrected chi connectivity index (χ0v) is 9.17. The van der Waals surface area contributed by atoms with Gasteiger partial charge in [0.2, 0.25) is 0 Å². The molecule has 0 aliphatic carbocycles.